The van der Waals surface area contributed by atoms with Gasteiger partial charge in [-0.25, -0.2) is 0 Å². The van der Waals surface area contributed by atoms with Crippen molar-refractivity contribution in [2.24, 2.45) is 0 Å². The van der Waals surface area contributed by atoms with Gasteiger partial charge in [0.25, 0.3) is 0 Å². The smallest absolute Gasteiger partial charge is 0.0666 e. The molecule has 2 atom stereocenters. The van der Waals surface area contributed by atoms with Crippen LogP contribution in [0.15, 0.2) is 0 Å². The van der Waals surface area contributed by atoms with E-state index in [0.29, 0.717) is 6.10 Å². The molecule has 0 bridgehead atoms. The molecule has 1 fully saturated rings. The van der Waals surface area contributed by atoms with Crippen molar-refractivity contribution in [1.29, 1.82) is 0 Å². The molecule has 3 heteroatoms. The van der Waals surface area contributed by atoms with Crippen LogP contribution in [0.2, 0.25) is 0 Å². The largest absolute Gasteiger partial charge is 0.377 e. The number of rotatable bonds is 8. The van der Waals surface area contributed by atoms with E-state index < -0.39 is 0 Å². The monoisotopic (exact) mass is 231 g/mol. The highest BCUT2D eigenvalue weighted by Gasteiger charge is 2.23. The zero-order valence-corrected chi connectivity index (χ0v) is 10.9. The highest BCUT2D eigenvalue weighted by atomic mass is 32.2. The van der Waals surface area contributed by atoms with Crippen molar-refractivity contribution in [1.82, 2.24) is 5.32 Å². The molecule has 1 aliphatic heterocycles. The van der Waals surface area contributed by atoms with E-state index in [1.807, 2.05) is 0 Å². The van der Waals surface area contributed by atoms with E-state index in [1.54, 1.807) is 0 Å². The summed E-state index contributed by atoms with van der Waals surface area (Å²) >= 11 is 2.07. The third kappa shape index (κ3) is 5.79. The van der Waals surface area contributed by atoms with Gasteiger partial charge in [-0.3, -0.25) is 0 Å². The van der Waals surface area contributed by atoms with E-state index in [2.05, 4.69) is 30.9 Å². The standard InChI is InChI=1S/C12H25NOS/c1-3-4-5-7-13-8-10-15-12-6-9-14-11(12)2/h11-13H,3-10H2,1-2H3. The summed E-state index contributed by atoms with van der Waals surface area (Å²) < 4.78 is 5.53. The molecule has 1 aliphatic rings. The van der Waals surface area contributed by atoms with E-state index >= 15 is 0 Å². The summed E-state index contributed by atoms with van der Waals surface area (Å²) in [6.07, 6.45) is 5.70. The van der Waals surface area contributed by atoms with E-state index in [4.69, 9.17) is 4.74 Å². The Balaban J connectivity index is 1.84. The minimum Gasteiger partial charge on any atom is -0.377 e. The molecule has 90 valence electrons. The van der Waals surface area contributed by atoms with Crippen molar-refractivity contribution in [3.8, 4) is 0 Å². The molecular formula is C12H25NOS. The highest BCUT2D eigenvalue weighted by molar-refractivity contribution is 8.00. The zero-order valence-electron chi connectivity index (χ0n) is 10.1. The Hall–Kier alpha value is 0.270. The second-order valence-electron chi connectivity index (χ2n) is 4.23. The van der Waals surface area contributed by atoms with Gasteiger partial charge in [-0.1, -0.05) is 19.8 Å². The van der Waals surface area contributed by atoms with Gasteiger partial charge >= 0.3 is 0 Å². The first-order valence-corrected chi connectivity index (χ1v) is 7.33. The van der Waals surface area contributed by atoms with Gasteiger partial charge in [-0.15, -0.1) is 0 Å². The quantitative estimate of drug-likeness (QED) is 0.649. The second kappa shape index (κ2) is 8.43. The van der Waals surface area contributed by atoms with Crippen molar-refractivity contribution in [2.75, 3.05) is 25.4 Å². The average Bonchev–Trinajstić information content (AvgIpc) is 2.63. The number of thioether (sulfide) groups is 1. The Morgan fingerprint density at radius 1 is 1.33 bits per heavy atom. The molecule has 2 unspecified atom stereocenters. The van der Waals surface area contributed by atoms with Crippen LogP contribution in [0.25, 0.3) is 0 Å². The Kier molecular flexibility index (Phi) is 7.49. The van der Waals surface area contributed by atoms with E-state index in [-0.39, 0.29) is 0 Å². The van der Waals surface area contributed by atoms with Gasteiger partial charge in [-0.2, -0.15) is 11.8 Å². The third-order valence-corrected chi connectivity index (χ3v) is 4.36. The predicted molar refractivity (Wildman–Crippen MR) is 68.7 cm³/mol. The average molecular weight is 231 g/mol. The molecule has 0 aromatic heterocycles. The van der Waals surface area contributed by atoms with Crippen LogP contribution >= 0.6 is 11.8 Å². The third-order valence-electron chi connectivity index (χ3n) is 2.87. The molecule has 0 amide bonds. The molecule has 0 radical (unpaired) electrons. The minimum absolute atomic E-state index is 0.468. The lowest BCUT2D eigenvalue weighted by molar-refractivity contribution is 0.127. The Morgan fingerprint density at radius 3 is 2.87 bits per heavy atom. The van der Waals surface area contributed by atoms with Crippen LogP contribution in [0.4, 0.5) is 0 Å². The number of nitrogens with one attached hydrogen (secondary N) is 1. The molecule has 1 saturated heterocycles. The fourth-order valence-electron chi connectivity index (χ4n) is 1.84. The topological polar surface area (TPSA) is 21.3 Å². The summed E-state index contributed by atoms with van der Waals surface area (Å²) in [5.41, 5.74) is 0. The van der Waals surface area contributed by atoms with Crippen LogP contribution < -0.4 is 5.32 Å². The van der Waals surface area contributed by atoms with Gasteiger partial charge < -0.3 is 10.1 Å². The van der Waals surface area contributed by atoms with Gasteiger partial charge in [0.1, 0.15) is 0 Å². The molecule has 0 saturated carbocycles. The molecule has 0 aromatic carbocycles. The first kappa shape index (κ1) is 13.3. The fraction of sp³-hybridized carbons (Fsp3) is 1.00. The lowest BCUT2D eigenvalue weighted by Crippen LogP contribution is -2.21. The van der Waals surface area contributed by atoms with Crippen LogP contribution in [-0.4, -0.2) is 36.8 Å². The SMILES string of the molecule is CCCCCNCCSC1CCOC1C. The summed E-state index contributed by atoms with van der Waals surface area (Å²) in [5, 5.41) is 4.24. The van der Waals surface area contributed by atoms with Gasteiger partial charge in [-0.05, 0) is 26.3 Å². The Labute approximate surface area is 98.5 Å². The molecule has 1 N–H and O–H groups in total. The summed E-state index contributed by atoms with van der Waals surface area (Å²) in [6, 6.07) is 0. The van der Waals surface area contributed by atoms with Gasteiger partial charge in [0.2, 0.25) is 0 Å². The van der Waals surface area contributed by atoms with Crippen LogP contribution in [0.1, 0.15) is 39.5 Å². The maximum absolute atomic E-state index is 5.53. The molecule has 0 spiro atoms. The minimum atomic E-state index is 0.468. The van der Waals surface area contributed by atoms with Crippen molar-refractivity contribution in [3.05, 3.63) is 0 Å². The van der Waals surface area contributed by atoms with Crippen molar-refractivity contribution < 1.29 is 4.74 Å². The van der Waals surface area contributed by atoms with Crippen LogP contribution in [0.3, 0.4) is 0 Å². The maximum atomic E-state index is 5.53. The summed E-state index contributed by atoms with van der Waals surface area (Å²) in [7, 11) is 0. The number of unbranched alkanes of at least 4 members (excludes halogenated alkanes) is 2. The molecule has 0 aromatic rings. The maximum Gasteiger partial charge on any atom is 0.0666 e. The van der Waals surface area contributed by atoms with Crippen LogP contribution in [-0.2, 0) is 4.74 Å². The molecule has 0 aliphatic carbocycles. The zero-order chi connectivity index (χ0) is 10.9. The molecule has 2 nitrogen and oxygen atoms in total. The summed E-state index contributed by atoms with van der Waals surface area (Å²) in [4.78, 5) is 0. The lowest BCUT2D eigenvalue weighted by Gasteiger charge is -2.13. The Bertz CT molecular complexity index is 155. The van der Waals surface area contributed by atoms with Gasteiger partial charge in [0, 0.05) is 24.2 Å². The number of hydrogen-bond donors (Lipinski definition) is 1. The molecule has 15 heavy (non-hydrogen) atoms. The van der Waals surface area contributed by atoms with Gasteiger partial charge in [0.05, 0.1) is 6.10 Å². The van der Waals surface area contributed by atoms with E-state index in [0.717, 1.165) is 18.4 Å². The van der Waals surface area contributed by atoms with E-state index in [1.165, 1.54) is 38.0 Å². The first-order valence-electron chi connectivity index (χ1n) is 6.28. The number of hydrogen-bond acceptors (Lipinski definition) is 3. The fourth-order valence-corrected chi connectivity index (χ4v) is 3.02. The molecule has 1 rings (SSSR count). The highest BCUT2D eigenvalue weighted by Crippen LogP contribution is 2.25. The van der Waals surface area contributed by atoms with Crippen LogP contribution in [0.5, 0.6) is 0 Å². The van der Waals surface area contributed by atoms with Crippen molar-refractivity contribution in [3.63, 3.8) is 0 Å². The Morgan fingerprint density at radius 2 is 2.20 bits per heavy atom. The molecular weight excluding hydrogens is 206 g/mol. The normalized spacial score (nSPS) is 26.0. The van der Waals surface area contributed by atoms with Gasteiger partial charge in [0.15, 0.2) is 0 Å². The van der Waals surface area contributed by atoms with Crippen molar-refractivity contribution in [2.45, 2.75) is 50.9 Å². The molecule has 1 heterocycles. The van der Waals surface area contributed by atoms with E-state index in [9.17, 15) is 0 Å². The predicted octanol–water partition coefficient (Wildman–Crippen LogP) is 2.68. The summed E-state index contributed by atoms with van der Waals surface area (Å²) in [5.74, 6) is 1.23. The number of ether oxygens (including phenoxy) is 1. The first-order chi connectivity index (χ1) is 7.34. The lowest BCUT2D eigenvalue weighted by atomic mass is 10.2. The second-order valence-corrected chi connectivity index (χ2v) is 5.58. The summed E-state index contributed by atoms with van der Waals surface area (Å²) in [6.45, 7) is 7.74. The van der Waals surface area contributed by atoms with Crippen LogP contribution in [0, 0.1) is 0 Å². The van der Waals surface area contributed by atoms with Crippen molar-refractivity contribution >= 4 is 11.8 Å².